The molecular formula is C20H25ClN2O3. The molecule has 2 N–H and O–H groups in total. The molecule has 1 fully saturated rings. The van der Waals surface area contributed by atoms with Crippen molar-refractivity contribution in [1.82, 2.24) is 10.6 Å². The van der Waals surface area contributed by atoms with Crippen LogP contribution in [0.15, 0.2) is 54.6 Å². The quantitative estimate of drug-likeness (QED) is 0.813. The van der Waals surface area contributed by atoms with Gasteiger partial charge in [-0.1, -0.05) is 42.5 Å². The Labute approximate surface area is 160 Å². The first-order valence-electron chi connectivity index (χ1n) is 8.61. The van der Waals surface area contributed by atoms with Gasteiger partial charge in [-0.25, -0.2) is 0 Å². The molecule has 0 aliphatic carbocycles. The van der Waals surface area contributed by atoms with Crippen LogP contribution in [-0.2, 0) is 22.7 Å². The largest absolute Gasteiger partial charge is 0.489 e. The first-order chi connectivity index (χ1) is 12.2. The zero-order valence-electron chi connectivity index (χ0n) is 14.8. The molecule has 0 unspecified atom stereocenters. The Balaban J connectivity index is 0.00000243. The van der Waals surface area contributed by atoms with Gasteiger partial charge in [-0.2, -0.15) is 0 Å². The van der Waals surface area contributed by atoms with Crippen molar-refractivity contribution in [3.8, 4) is 5.75 Å². The summed E-state index contributed by atoms with van der Waals surface area (Å²) >= 11 is 0. The highest BCUT2D eigenvalue weighted by Crippen LogP contribution is 2.13. The zero-order valence-corrected chi connectivity index (χ0v) is 15.6. The Morgan fingerprint density at radius 1 is 1.19 bits per heavy atom. The van der Waals surface area contributed by atoms with Gasteiger partial charge >= 0.3 is 0 Å². The first kappa shape index (κ1) is 20.2. The number of benzene rings is 2. The third kappa shape index (κ3) is 5.73. The molecule has 140 valence electrons. The molecular weight excluding hydrogens is 352 g/mol. The normalized spacial score (nSPS) is 19.3. The van der Waals surface area contributed by atoms with Crippen molar-refractivity contribution in [3.63, 3.8) is 0 Å². The number of carbonyl (C=O) groups is 1. The fourth-order valence-corrected chi connectivity index (χ4v) is 2.84. The molecule has 1 heterocycles. The number of ether oxygens (including phenoxy) is 2. The molecule has 6 heteroatoms. The van der Waals surface area contributed by atoms with E-state index in [2.05, 4.69) is 16.7 Å². The topological polar surface area (TPSA) is 59.6 Å². The summed E-state index contributed by atoms with van der Waals surface area (Å²) < 4.78 is 11.3. The van der Waals surface area contributed by atoms with Crippen molar-refractivity contribution in [1.29, 1.82) is 0 Å². The number of hydrogen-bond donors (Lipinski definition) is 2. The molecule has 2 aromatic carbocycles. The minimum atomic E-state index is -0.293. The van der Waals surface area contributed by atoms with Crippen LogP contribution < -0.4 is 15.4 Å². The molecule has 0 spiro atoms. The second-order valence-corrected chi connectivity index (χ2v) is 6.15. The number of rotatable bonds is 6. The number of carbonyl (C=O) groups excluding carboxylic acids is 1. The maximum Gasteiger partial charge on any atom is 0.240 e. The third-order valence-electron chi connectivity index (χ3n) is 4.21. The predicted octanol–water partition coefficient (Wildman–Crippen LogP) is 2.68. The van der Waals surface area contributed by atoms with Crippen LogP contribution in [0, 0.1) is 0 Å². The standard InChI is InChI=1S/C20H24N2O3.ClH/c1-15-19(21-10-11-24-15)20(23)22-13-16-6-5-7-17(12-16)14-25-18-8-3-2-4-9-18;/h2-9,12,15,19,21H,10-11,13-14H2,1H3,(H,22,23);1H/t15-,19+;/m1./s1. The second kappa shape index (κ2) is 10.2. The molecule has 1 aliphatic rings. The lowest BCUT2D eigenvalue weighted by molar-refractivity contribution is -0.129. The zero-order chi connectivity index (χ0) is 17.5. The van der Waals surface area contributed by atoms with Gasteiger partial charge in [0.05, 0.1) is 12.7 Å². The van der Waals surface area contributed by atoms with E-state index < -0.39 is 0 Å². The lowest BCUT2D eigenvalue weighted by Gasteiger charge is -2.29. The van der Waals surface area contributed by atoms with Crippen LogP contribution in [0.5, 0.6) is 5.75 Å². The molecule has 1 amide bonds. The summed E-state index contributed by atoms with van der Waals surface area (Å²) in [7, 11) is 0. The summed E-state index contributed by atoms with van der Waals surface area (Å²) in [4.78, 5) is 12.3. The fourth-order valence-electron chi connectivity index (χ4n) is 2.84. The number of halogens is 1. The number of morpholine rings is 1. The average Bonchev–Trinajstić information content (AvgIpc) is 2.66. The molecule has 1 aliphatic heterocycles. The predicted molar refractivity (Wildman–Crippen MR) is 104 cm³/mol. The smallest absolute Gasteiger partial charge is 0.240 e. The highest BCUT2D eigenvalue weighted by molar-refractivity contribution is 5.85. The van der Waals surface area contributed by atoms with Gasteiger partial charge in [-0.15, -0.1) is 12.4 Å². The van der Waals surface area contributed by atoms with Crippen molar-refractivity contribution in [3.05, 3.63) is 65.7 Å². The molecule has 0 saturated carbocycles. The van der Waals surface area contributed by atoms with Gasteiger partial charge in [0, 0.05) is 13.1 Å². The monoisotopic (exact) mass is 376 g/mol. The first-order valence-corrected chi connectivity index (χ1v) is 8.61. The highest BCUT2D eigenvalue weighted by atomic mass is 35.5. The van der Waals surface area contributed by atoms with Crippen molar-refractivity contribution in [2.75, 3.05) is 13.2 Å². The van der Waals surface area contributed by atoms with E-state index in [4.69, 9.17) is 9.47 Å². The minimum Gasteiger partial charge on any atom is -0.489 e. The van der Waals surface area contributed by atoms with Gasteiger partial charge in [0.2, 0.25) is 5.91 Å². The Morgan fingerprint density at radius 2 is 1.96 bits per heavy atom. The average molecular weight is 377 g/mol. The van der Waals surface area contributed by atoms with Crippen LogP contribution in [0.3, 0.4) is 0 Å². The van der Waals surface area contributed by atoms with E-state index in [1.807, 2.05) is 55.5 Å². The van der Waals surface area contributed by atoms with Gasteiger partial charge in [0.1, 0.15) is 18.4 Å². The summed E-state index contributed by atoms with van der Waals surface area (Å²) in [5.41, 5.74) is 2.12. The van der Waals surface area contributed by atoms with E-state index in [-0.39, 0.29) is 30.5 Å². The van der Waals surface area contributed by atoms with E-state index in [1.165, 1.54) is 0 Å². The maximum absolute atomic E-state index is 12.3. The lowest BCUT2D eigenvalue weighted by Crippen LogP contribution is -2.55. The lowest BCUT2D eigenvalue weighted by atomic mass is 10.1. The van der Waals surface area contributed by atoms with E-state index >= 15 is 0 Å². The molecule has 2 aromatic rings. The van der Waals surface area contributed by atoms with Gasteiger partial charge in [0.25, 0.3) is 0 Å². The van der Waals surface area contributed by atoms with E-state index in [0.717, 1.165) is 16.9 Å². The fraction of sp³-hybridized carbons (Fsp3) is 0.350. The molecule has 5 nitrogen and oxygen atoms in total. The van der Waals surface area contributed by atoms with Gasteiger partial charge in [0.15, 0.2) is 0 Å². The van der Waals surface area contributed by atoms with Crippen molar-refractivity contribution < 1.29 is 14.3 Å². The third-order valence-corrected chi connectivity index (χ3v) is 4.21. The number of hydrogen-bond acceptors (Lipinski definition) is 4. The van der Waals surface area contributed by atoms with Crippen LogP contribution in [-0.4, -0.2) is 31.2 Å². The number of nitrogens with one attached hydrogen (secondary N) is 2. The van der Waals surface area contributed by atoms with Crippen molar-refractivity contribution >= 4 is 18.3 Å². The highest BCUT2D eigenvalue weighted by Gasteiger charge is 2.27. The van der Waals surface area contributed by atoms with Crippen LogP contribution in [0.4, 0.5) is 0 Å². The van der Waals surface area contributed by atoms with Gasteiger partial charge in [-0.3, -0.25) is 4.79 Å². The van der Waals surface area contributed by atoms with Gasteiger partial charge < -0.3 is 20.1 Å². The van der Waals surface area contributed by atoms with Gasteiger partial charge in [-0.05, 0) is 30.2 Å². The molecule has 0 aromatic heterocycles. The Morgan fingerprint density at radius 3 is 2.73 bits per heavy atom. The Hall–Kier alpha value is -2.08. The minimum absolute atomic E-state index is 0. The van der Waals surface area contributed by atoms with Crippen LogP contribution in [0.1, 0.15) is 18.1 Å². The van der Waals surface area contributed by atoms with Crippen molar-refractivity contribution in [2.24, 2.45) is 0 Å². The molecule has 2 atom stereocenters. The summed E-state index contributed by atoms with van der Waals surface area (Å²) in [5.74, 6) is 0.816. The molecule has 26 heavy (non-hydrogen) atoms. The van der Waals surface area contributed by atoms with Crippen LogP contribution >= 0.6 is 12.4 Å². The van der Waals surface area contributed by atoms with E-state index in [9.17, 15) is 4.79 Å². The van der Waals surface area contributed by atoms with E-state index in [0.29, 0.717) is 26.3 Å². The van der Waals surface area contributed by atoms with Crippen LogP contribution in [0.25, 0.3) is 0 Å². The summed E-state index contributed by atoms with van der Waals surface area (Å²) in [6, 6.07) is 17.5. The maximum atomic E-state index is 12.3. The van der Waals surface area contributed by atoms with Crippen LogP contribution in [0.2, 0.25) is 0 Å². The summed E-state index contributed by atoms with van der Waals surface area (Å²) in [6.07, 6.45) is -0.112. The van der Waals surface area contributed by atoms with Crippen molar-refractivity contribution in [2.45, 2.75) is 32.2 Å². The van der Waals surface area contributed by atoms with E-state index in [1.54, 1.807) is 0 Å². The Bertz CT molecular complexity index is 696. The Kier molecular flexibility index (Phi) is 7.91. The number of para-hydroxylation sites is 1. The SMILES string of the molecule is C[C@H]1OCCN[C@@H]1C(=O)NCc1cccc(COc2ccccc2)c1.Cl. The number of amides is 1. The summed E-state index contributed by atoms with van der Waals surface area (Å²) in [6.45, 7) is 4.25. The molecule has 0 bridgehead atoms. The molecule has 0 radical (unpaired) electrons. The molecule has 1 saturated heterocycles. The molecule has 3 rings (SSSR count). The second-order valence-electron chi connectivity index (χ2n) is 6.15. The summed E-state index contributed by atoms with van der Waals surface area (Å²) in [5, 5.41) is 6.18.